The summed E-state index contributed by atoms with van der Waals surface area (Å²) in [5, 5.41) is 6.75. The van der Waals surface area contributed by atoms with E-state index in [0.717, 1.165) is 24.3 Å². The van der Waals surface area contributed by atoms with Crippen molar-refractivity contribution in [2.24, 2.45) is 0 Å². The van der Waals surface area contributed by atoms with Gasteiger partial charge in [-0.3, -0.25) is 5.10 Å². The molecule has 1 aromatic heterocycles. The number of benzene rings is 1. The number of nitrogen functional groups attached to an aromatic ring is 1. The van der Waals surface area contributed by atoms with Gasteiger partial charge in [0.2, 0.25) is 0 Å². The summed E-state index contributed by atoms with van der Waals surface area (Å²) in [6.07, 6.45) is 2.72. The maximum atomic E-state index is 5.88. The summed E-state index contributed by atoms with van der Waals surface area (Å²) in [4.78, 5) is 0. The highest BCUT2D eigenvalue weighted by Gasteiger charge is 2.20. The van der Waals surface area contributed by atoms with Crippen LogP contribution in [-0.2, 0) is 6.42 Å². The molecule has 0 aliphatic carbocycles. The fourth-order valence-corrected chi connectivity index (χ4v) is 2.26. The summed E-state index contributed by atoms with van der Waals surface area (Å²) >= 11 is 0. The predicted molar refractivity (Wildman–Crippen MR) is 62.4 cm³/mol. The summed E-state index contributed by atoms with van der Waals surface area (Å²) in [6.45, 7) is 2.84. The molecular weight excluding hydrogens is 202 g/mol. The predicted octanol–water partition coefficient (Wildman–Crippen LogP) is 1.90. The second kappa shape index (κ2) is 3.27. The van der Waals surface area contributed by atoms with Crippen LogP contribution in [0, 0.1) is 6.92 Å². The summed E-state index contributed by atoms with van der Waals surface area (Å²) in [6, 6.07) is 4.09. The number of hydrogen-bond donors (Lipinski definition) is 2. The third-order valence-corrected chi connectivity index (χ3v) is 3.03. The number of ether oxygens (including phenoxy) is 1. The summed E-state index contributed by atoms with van der Waals surface area (Å²) in [5.74, 6) is 1.59. The maximum absolute atomic E-state index is 5.88. The lowest BCUT2D eigenvalue weighted by Gasteiger charge is -2.09. The zero-order valence-corrected chi connectivity index (χ0v) is 9.08. The maximum Gasteiger partial charge on any atom is 0.126 e. The van der Waals surface area contributed by atoms with Crippen LogP contribution in [-0.4, -0.2) is 16.8 Å². The Balaban J connectivity index is 2.28. The number of aromatic amines is 1. The number of hydrogen-bond acceptors (Lipinski definition) is 3. The molecule has 2 heterocycles. The van der Waals surface area contributed by atoms with E-state index >= 15 is 0 Å². The lowest BCUT2D eigenvalue weighted by Crippen LogP contribution is -1.93. The van der Waals surface area contributed by atoms with Gasteiger partial charge in [0, 0.05) is 17.5 Å². The van der Waals surface area contributed by atoms with Gasteiger partial charge in [-0.2, -0.15) is 5.10 Å². The number of nitrogens with one attached hydrogen (secondary N) is 1. The van der Waals surface area contributed by atoms with Gasteiger partial charge >= 0.3 is 0 Å². The van der Waals surface area contributed by atoms with Gasteiger partial charge in [-0.15, -0.1) is 0 Å². The highest BCUT2D eigenvalue weighted by molar-refractivity contribution is 5.80. The van der Waals surface area contributed by atoms with E-state index < -0.39 is 0 Å². The number of aryl methyl sites for hydroxylation is 1. The van der Waals surface area contributed by atoms with Crippen molar-refractivity contribution < 1.29 is 4.74 Å². The SMILES string of the molecule is Cc1ccc2c(c1-c1cn[nH]c1N)CCO2. The molecule has 0 spiro atoms. The van der Waals surface area contributed by atoms with Crippen molar-refractivity contribution in [2.45, 2.75) is 13.3 Å². The van der Waals surface area contributed by atoms with Gasteiger partial charge in [0.05, 0.1) is 12.8 Å². The first-order chi connectivity index (χ1) is 7.77. The van der Waals surface area contributed by atoms with Crippen molar-refractivity contribution in [2.75, 3.05) is 12.3 Å². The Morgan fingerprint density at radius 2 is 2.31 bits per heavy atom. The van der Waals surface area contributed by atoms with Crippen LogP contribution in [0.1, 0.15) is 11.1 Å². The number of nitrogens with two attached hydrogens (primary N) is 1. The minimum absolute atomic E-state index is 0.614. The van der Waals surface area contributed by atoms with Crippen LogP contribution in [0.4, 0.5) is 5.82 Å². The quantitative estimate of drug-likeness (QED) is 0.763. The van der Waals surface area contributed by atoms with Gasteiger partial charge in [-0.1, -0.05) is 6.07 Å². The van der Waals surface area contributed by atoms with Gasteiger partial charge < -0.3 is 10.5 Å². The van der Waals surface area contributed by atoms with Crippen LogP contribution in [0.25, 0.3) is 11.1 Å². The van der Waals surface area contributed by atoms with Crippen LogP contribution in [0.3, 0.4) is 0 Å². The fraction of sp³-hybridized carbons (Fsp3) is 0.250. The van der Waals surface area contributed by atoms with Gasteiger partial charge in [0.1, 0.15) is 11.6 Å². The Morgan fingerprint density at radius 1 is 1.44 bits per heavy atom. The largest absolute Gasteiger partial charge is 0.493 e. The monoisotopic (exact) mass is 215 g/mol. The van der Waals surface area contributed by atoms with E-state index in [1.54, 1.807) is 6.20 Å². The van der Waals surface area contributed by atoms with Crippen molar-refractivity contribution >= 4 is 5.82 Å². The van der Waals surface area contributed by atoms with Gasteiger partial charge in [-0.05, 0) is 24.1 Å². The number of anilines is 1. The molecule has 1 aromatic carbocycles. The fourth-order valence-electron chi connectivity index (χ4n) is 2.26. The molecular formula is C12H13N3O. The standard InChI is InChI=1S/C12H13N3O/c1-7-2-3-10-8(4-5-16-10)11(7)9-6-14-15-12(9)13/h2-3,6H,4-5H2,1H3,(H3,13,14,15). The normalized spacial score (nSPS) is 13.6. The lowest BCUT2D eigenvalue weighted by molar-refractivity contribution is 0.357. The van der Waals surface area contributed by atoms with Gasteiger partial charge in [0.25, 0.3) is 0 Å². The smallest absolute Gasteiger partial charge is 0.126 e. The average molecular weight is 215 g/mol. The molecule has 82 valence electrons. The molecule has 0 bridgehead atoms. The zero-order valence-electron chi connectivity index (χ0n) is 9.08. The van der Waals surface area contributed by atoms with Crippen LogP contribution < -0.4 is 10.5 Å². The number of aromatic nitrogens is 2. The highest BCUT2D eigenvalue weighted by atomic mass is 16.5. The van der Waals surface area contributed by atoms with E-state index in [0.29, 0.717) is 5.82 Å². The first-order valence-corrected chi connectivity index (χ1v) is 5.32. The molecule has 0 fully saturated rings. The van der Waals surface area contributed by atoms with E-state index in [1.807, 2.05) is 6.07 Å². The zero-order chi connectivity index (χ0) is 11.1. The van der Waals surface area contributed by atoms with Crippen LogP contribution in [0.15, 0.2) is 18.3 Å². The Morgan fingerprint density at radius 3 is 3.06 bits per heavy atom. The molecule has 1 aliphatic heterocycles. The molecule has 0 saturated carbocycles. The van der Waals surface area contributed by atoms with E-state index in [-0.39, 0.29) is 0 Å². The van der Waals surface area contributed by atoms with Crippen LogP contribution in [0.2, 0.25) is 0 Å². The van der Waals surface area contributed by atoms with Gasteiger partial charge in [0.15, 0.2) is 0 Å². The highest BCUT2D eigenvalue weighted by Crippen LogP contribution is 2.38. The number of H-pyrrole nitrogens is 1. The molecule has 4 nitrogen and oxygen atoms in total. The Hall–Kier alpha value is -1.97. The summed E-state index contributed by atoms with van der Waals surface area (Å²) < 4.78 is 5.56. The average Bonchev–Trinajstić information content (AvgIpc) is 2.87. The molecule has 0 radical (unpaired) electrons. The topological polar surface area (TPSA) is 63.9 Å². The van der Waals surface area contributed by atoms with E-state index in [2.05, 4.69) is 23.2 Å². The molecule has 0 atom stereocenters. The molecule has 0 amide bonds. The summed E-state index contributed by atoms with van der Waals surface area (Å²) in [7, 11) is 0. The first-order valence-electron chi connectivity index (χ1n) is 5.32. The van der Waals surface area contributed by atoms with Gasteiger partial charge in [-0.25, -0.2) is 0 Å². The lowest BCUT2D eigenvalue weighted by atomic mass is 9.95. The van der Waals surface area contributed by atoms with E-state index in [9.17, 15) is 0 Å². The molecule has 3 rings (SSSR count). The minimum Gasteiger partial charge on any atom is -0.493 e. The molecule has 1 aliphatic rings. The summed E-state index contributed by atoms with van der Waals surface area (Å²) in [5.41, 5.74) is 10.5. The second-order valence-electron chi connectivity index (χ2n) is 4.03. The number of rotatable bonds is 1. The third-order valence-electron chi connectivity index (χ3n) is 3.03. The van der Waals surface area contributed by atoms with Crippen LogP contribution in [0.5, 0.6) is 5.75 Å². The minimum atomic E-state index is 0.614. The second-order valence-corrected chi connectivity index (χ2v) is 4.03. The molecule has 0 saturated heterocycles. The molecule has 2 aromatic rings. The Bertz CT molecular complexity index is 545. The first kappa shape index (κ1) is 9.27. The molecule has 16 heavy (non-hydrogen) atoms. The number of fused-ring (bicyclic) bond motifs is 1. The van der Waals surface area contributed by atoms with E-state index in [1.165, 1.54) is 16.7 Å². The van der Waals surface area contributed by atoms with Crippen molar-refractivity contribution in [3.63, 3.8) is 0 Å². The van der Waals surface area contributed by atoms with Crippen molar-refractivity contribution in [1.82, 2.24) is 10.2 Å². The number of nitrogens with zero attached hydrogens (tertiary/aromatic N) is 1. The molecule has 3 N–H and O–H groups in total. The van der Waals surface area contributed by atoms with Crippen LogP contribution >= 0.6 is 0 Å². The third kappa shape index (κ3) is 1.19. The Kier molecular flexibility index (Phi) is 1.89. The van der Waals surface area contributed by atoms with Crippen molar-refractivity contribution in [3.05, 3.63) is 29.5 Å². The molecule has 0 unspecified atom stereocenters. The van der Waals surface area contributed by atoms with Crippen molar-refractivity contribution in [3.8, 4) is 16.9 Å². The Labute approximate surface area is 93.4 Å². The van der Waals surface area contributed by atoms with Crippen molar-refractivity contribution in [1.29, 1.82) is 0 Å². The van der Waals surface area contributed by atoms with E-state index in [4.69, 9.17) is 10.5 Å². The molecule has 4 heteroatoms.